The van der Waals surface area contributed by atoms with E-state index in [0.29, 0.717) is 39.6 Å². The number of hydrogen-bond acceptors (Lipinski definition) is 10. The molecule has 0 unspecified atom stereocenters. The van der Waals surface area contributed by atoms with Crippen molar-refractivity contribution in [3.63, 3.8) is 0 Å². The molecule has 2 aliphatic heterocycles. The molecule has 9 atom stereocenters. The fourth-order valence-corrected chi connectivity index (χ4v) is 8.00. The largest absolute Gasteiger partial charge is 0.374 e. The van der Waals surface area contributed by atoms with Crippen molar-refractivity contribution < 1.29 is 47.4 Å². The van der Waals surface area contributed by atoms with E-state index in [1.165, 1.54) is 0 Å². The Morgan fingerprint density at radius 2 is 0.609 bits per heavy atom. The standard InChI is InChI=1S/C54H58O10/c1-55-53-52(61-37-45-30-18-7-19-31-45)50(59-35-43-26-14-5-15-27-43)48(57-33-41-22-10-3-11-23-41)47(63-53)39-62-54-51(60-36-44-28-16-6-17-29-44)49(58-34-42-24-12-4-13-25-42)46(64-54)38-56-32-40-20-8-2-9-21-40/h2-31,46-54H,32-39H2,1H3/t46-,47-,48-,49-,50+,51+,52+,53+,54-/m1/s1. The van der Waals surface area contributed by atoms with Crippen LogP contribution in [-0.4, -0.2) is 75.6 Å². The molecule has 6 aromatic rings. The summed E-state index contributed by atoms with van der Waals surface area (Å²) in [5, 5.41) is 0. The normalized spacial score (nSPS) is 24.4. The highest BCUT2D eigenvalue weighted by Gasteiger charge is 2.51. The molecular formula is C54H58O10. The van der Waals surface area contributed by atoms with Gasteiger partial charge < -0.3 is 47.4 Å². The van der Waals surface area contributed by atoms with Crippen molar-refractivity contribution in [2.75, 3.05) is 20.3 Å². The smallest absolute Gasteiger partial charge is 0.187 e. The molecule has 64 heavy (non-hydrogen) atoms. The molecule has 0 radical (unpaired) electrons. The lowest BCUT2D eigenvalue weighted by atomic mass is 9.97. The van der Waals surface area contributed by atoms with E-state index >= 15 is 0 Å². The molecule has 0 aromatic heterocycles. The Bertz CT molecular complexity index is 2170. The van der Waals surface area contributed by atoms with Crippen molar-refractivity contribution >= 4 is 0 Å². The second-order valence-corrected chi connectivity index (χ2v) is 16.0. The highest BCUT2D eigenvalue weighted by Crippen LogP contribution is 2.34. The quantitative estimate of drug-likeness (QED) is 0.0621. The van der Waals surface area contributed by atoms with E-state index in [1.54, 1.807) is 7.11 Å². The van der Waals surface area contributed by atoms with E-state index in [4.69, 9.17) is 47.4 Å². The molecule has 8 rings (SSSR count). The molecule has 2 saturated heterocycles. The fraction of sp³-hybridized carbons (Fsp3) is 0.333. The summed E-state index contributed by atoms with van der Waals surface area (Å²) in [6.45, 7) is 2.33. The van der Waals surface area contributed by atoms with Gasteiger partial charge in [-0.25, -0.2) is 0 Å². The van der Waals surface area contributed by atoms with Gasteiger partial charge in [0.2, 0.25) is 0 Å². The monoisotopic (exact) mass is 866 g/mol. The minimum absolute atomic E-state index is 0.0504. The van der Waals surface area contributed by atoms with Gasteiger partial charge in [0.15, 0.2) is 12.6 Å². The van der Waals surface area contributed by atoms with E-state index in [1.807, 2.05) is 182 Å². The van der Waals surface area contributed by atoms with Gasteiger partial charge in [-0.3, -0.25) is 0 Å². The fourth-order valence-electron chi connectivity index (χ4n) is 8.00. The zero-order valence-corrected chi connectivity index (χ0v) is 36.3. The molecule has 0 aliphatic carbocycles. The number of hydrogen-bond donors (Lipinski definition) is 0. The van der Waals surface area contributed by atoms with E-state index in [9.17, 15) is 0 Å². The predicted octanol–water partition coefficient (Wildman–Crippen LogP) is 9.24. The van der Waals surface area contributed by atoms with E-state index in [2.05, 4.69) is 0 Å². The first-order chi connectivity index (χ1) is 31.7. The van der Waals surface area contributed by atoms with Crippen molar-refractivity contribution in [3.05, 3.63) is 215 Å². The molecule has 0 amide bonds. The second-order valence-electron chi connectivity index (χ2n) is 16.0. The van der Waals surface area contributed by atoms with Crippen LogP contribution in [0.2, 0.25) is 0 Å². The van der Waals surface area contributed by atoms with Crippen LogP contribution in [0.5, 0.6) is 0 Å². The van der Waals surface area contributed by atoms with Crippen LogP contribution in [-0.2, 0) is 87.0 Å². The molecule has 2 aliphatic rings. The van der Waals surface area contributed by atoms with Gasteiger partial charge in [-0.15, -0.1) is 0 Å². The van der Waals surface area contributed by atoms with E-state index < -0.39 is 55.3 Å². The Morgan fingerprint density at radius 3 is 1.00 bits per heavy atom. The highest BCUT2D eigenvalue weighted by molar-refractivity contribution is 5.18. The first-order valence-electron chi connectivity index (χ1n) is 22.0. The molecule has 6 aromatic carbocycles. The van der Waals surface area contributed by atoms with Gasteiger partial charge in [0, 0.05) is 7.11 Å². The van der Waals surface area contributed by atoms with Crippen LogP contribution in [0.15, 0.2) is 182 Å². The summed E-state index contributed by atoms with van der Waals surface area (Å²) >= 11 is 0. The van der Waals surface area contributed by atoms with Gasteiger partial charge >= 0.3 is 0 Å². The van der Waals surface area contributed by atoms with Crippen LogP contribution in [0.1, 0.15) is 33.4 Å². The minimum atomic E-state index is -0.857. The Hall–Kier alpha value is -5.08. The van der Waals surface area contributed by atoms with Crippen molar-refractivity contribution in [2.45, 2.75) is 94.9 Å². The van der Waals surface area contributed by atoms with Gasteiger partial charge in [-0.1, -0.05) is 182 Å². The summed E-state index contributed by atoms with van der Waals surface area (Å²) in [4.78, 5) is 0. The number of benzene rings is 6. The Morgan fingerprint density at radius 1 is 0.312 bits per heavy atom. The topological polar surface area (TPSA) is 92.3 Å². The summed E-state index contributed by atoms with van der Waals surface area (Å²) in [5.41, 5.74) is 6.13. The summed E-state index contributed by atoms with van der Waals surface area (Å²) in [6.07, 6.45) is -5.97. The van der Waals surface area contributed by atoms with Crippen LogP contribution in [0.3, 0.4) is 0 Å². The second kappa shape index (κ2) is 24.3. The zero-order valence-electron chi connectivity index (χ0n) is 36.3. The van der Waals surface area contributed by atoms with E-state index in [0.717, 1.165) is 33.4 Å². The molecular weight excluding hydrogens is 809 g/mol. The lowest BCUT2D eigenvalue weighted by Gasteiger charge is -2.45. The van der Waals surface area contributed by atoms with Crippen LogP contribution in [0.4, 0.5) is 0 Å². The molecule has 334 valence electrons. The van der Waals surface area contributed by atoms with Gasteiger partial charge in [0.1, 0.15) is 42.7 Å². The molecule has 0 N–H and O–H groups in total. The molecule has 0 bridgehead atoms. The molecule has 2 heterocycles. The SMILES string of the molecule is CO[C@H]1O[C@H](CO[C@@H]2O[C@H](COCc3ccccc3)[C@@H](OCc3ccccc3)[C@@H]2OCc2ccccc2)[C@@H](OCc2ccccc2)[C@H](OCc2ccccc2)[C@@H]1OCc1ccccc1. The minimum Gasteiger partial charge on any atom is -0.374 e. The summed E-state index contributed by atoms with van der Waals surface area (Å²) in [6, 6.07) is 60.3. The number of methoxy groups -OCH3 is 1. The lowest BCUT2D eigenvalue weighted by Crippen LogP contribution is -2.61. The van der Waals surface area contributed by atoms with Crippen molar-refractivity contribution in [2.24, 2.45) is 0 Å². The van der Waals surface area contributed by atoms with Crippen molar-refractivity contribution in [1.29, 1.82) is 0 Å². The third-order valence-electron chi connectivity index (χ3n) is 11.3. The van der Waals surface area contributed by atoms with Crippen molar-refractivity contribution in [1.82, 2.24) is 0 Å². The predicted molar refractivity (Wildman–Crippen MR) is 241 cm³/mol. The van der Waals surface area contributed by atoms with E-state index in [-0.39, 0.29) is 13.2 Å². The van der Waals surface area contributed by atoms with Crippen molar-refractivity contribution in [3.8, 4) is 0 Å². The van der Waals surface area contributed by atoms with Gasteiger partial charge in [0.05, 0.1) is 52.9 Å². The Kier molecular flexibility index (Phi) is 17.3. The highest BCUT2D eigenvalue weighted by atomic mass is 16.8. The lowest BCUT2D eigenvalue weighted by molar-refractivity contribution is -0.328. The summed E-state index contributed by atoms with van der Waals surface area (Å²) in [5.74, 6) is 0. The Balaban J connectivity index is 1.06. The maximum Gasteiger partial charge on any atom is 0.187 e. The summed E-state index contributed by atoms with van der Waals surface area (Å²) < 4.78 is 66.6. The first-order valence-corrected chi connectivity index (χ1v) is 22.0. The average molecular weight is 867 g/mol. The average Bonchev–Trinajstić information content (AvgIpc) is 3.69. The van der Waals surface area contributed by atoms with Crippen LogP contribution < -0.4 is 0 Å². The third-order valence-corrected chi connectivity index (χ3v) is 11.3. The molecule has 0 spiro atoms. The van der Waals surface area contributed by atoms with Gasteiger partial charge in [-0.05, 0) is 33.4 Å². The van der Waals surface area contributed by atoms with Gasteiger partial charge in [0.25, 0.3) is 0 Å². The number of rotatable bonds is 23. The molecule has 0 saturated carbocycles. The maximum atomic E-state index is 6.85. The molecule has 10 nitrogen and oxygen atoms in total. The van der Waals surface area contributed by atoms with Crippen LogP contribution in [0.25, 0.3) is 0 Å². The van der Waals surface area contributed by atoms with Crippen LogP contribution >= 0.6 is 0 Å². The van der Waals surface area contributed by atoms with Gasteiger partial charge in [-0.2, -0.15) is 0 Å². The zero-order chi connectivity index (χ0) is 43.6. The van der Waals surface area contributed by atoms with Crippen LogP contribution in [0, 0.1) is 0 Å². The third kappa shape index (κ3) is 13.0. The molecule has 2 fully saturated rings. The summed E-state index contributed by atoms with van der Waals surface area (Å²) in [7, 11) is 1.61. The number of ether oxygens (including phenoxy) is 10. The molecule has 10 heteroatoms. The first kappa shape index (κ1) is 45.5. The Labute approximate surface area is 376 Å². The maximum absolute atomic E-state index is 6.85.